The van der Waals surface area contributed by atoms with Crippen LogP contribution in [0.5, 0.6) is 0 Å². The van der Waals surface area contributed by atoms with Crippen molar-refractivity contribution in [3.05, 3.63) is 34.4 Å². The number of aliphatic hydroxyl groups is 1. The van der Waals surface area contributed by atoms with Crippen molar-refractivity contribution in [2.75, 3.05) is 11.9 Å². The van der Waals surface area contributed by atoms with Crippen LogP contribution in [0.3, 0.4) is 0 Å². The largest absolute Gasteiger partial charge is 0.393 e. The minimum Gasteiger partial charge on any atom is -0.393 e. The number of amides is 2. The van der Waals surface area contributed by atoms with E-state index in [1.807, 2.05) is 0 Å². The topological polar surface area (TPSA) is 104 Å². The Labute approximate surface area is 116 Å². The van der Waals surface area contributed by atoms with Gasteiger partial charge in [-0.15, -0.1) is 0 Å². The number of nitro benzene ring substituents is 1. The van der Waals surface area contributed by atoms with Gasteiger partial charge in [0.15, 0.2) is 0 Å². The van der Waals surface area contributed by atoms with Crippen molar-refractivity contribution in [3.8, 4) is 0 Å². The number of non-ortho nitro benzene ring substituents is 1. The van der Waals surface area contributed by atoms with Gasteiger partial charge in [0, 0.05) is 24.4 Å². The number of nitrogens with zero attached hydrogens (tertiary/aromatic N) is 1. The van der Waals surface area contributed by atoms with Gasteiger partial charge in [0.2, 0.25) is 0 Å². The number of anilines is 1. The maximum atomic E-state index is 11.7. The third-order valence-electron chi connectivity index (χ3n) is 3.38. The standard InChI is InChI=1S/C13H17N3O4/c17-12-5-4-9(6-12)8-14-13(18)15-10-2-1-3-11(7-10)16(19)20/h1-3,7,9,12,17H,4-6,8H2,(H2,14,15,18). The average Bonchev–Trinajstić information content (AvgIpc) is 2.82. The number of carbonyl (C=O) groups is 1. The summed E-state index contributed by atoms with van der Waals surface area (Å²) in [5.74, 6) is 0.292. The lowest BCUT2D eigenvalue weighted by atomic mass is 10.1. The molecule has 0 heterocycles. The predicted molar refractivity (Wildman–Crippen MR) is 73.5 cm³/mol. The fraction of sp³-hybridized carbons (Fsp3) is 0.462. The molecule has 0 aliphatic heterocycles. The Morgan fingerprint density at radius 2 is 2.25 bits per heavy atom. The number of aliphatic hydroxyl groups excluding tert-OH is 1. The molecule has 2 atom stereocenters. The molecule has 2 unspecified atom stereocenters. The molecule has 1 fully saturated rings. The van der Waals surface area contributed by atoms with Crippen LogP contribution < -0.4 is 10.6 Å². The van der Waals surface area contributed by atoms with E-state index < -0.39 is 11.0 Å². The first kappa shape index (κ1) is 14.3. The van der Waals surface area contributed by atoms with Gasteiger partial charge in [-0.3, -0.25) is 10.1 Å². The highest BCUT2D eigenvalue weighted by Gasteiger charge is 2.22. The Kier molecular flexibility index (Phi) is 4.52. The molecule has 3 N–H and O–H groups in total. The van der Waals surface area contributed by atoms with Crippen molar-refractivity contribution in [3.63, 3.8) is 0 Å². The van der Waals surface area contributed by atoms with Crippen molar-refractivity contribution in [2.24, 2.45) is 5.92 Å². The van der Waals surface area contributed by atoms with Gasteiger partial charge in [0.1, 0.15) is 0 Å². The summed E-state index contributed by atoms with van der Waals surface area (Å²) in [5, 5.41) is 25.3. The number of hydrogen-bond acceptors (Lipinski definition) is 4. The Bertz CT molecular complexity index is 506. The van der Waals surface area contributed by atoms with Gasteiger partial charge >= 0.3 is 6.03 Å². The van der Waals surface area contributed by atoms with Gasteiger partial charge in [0.05, 0.1) is 11.0 Å². The first-order chi connectivity index (χ1) is 9.54. The molecule has 1 aliphatic carbocycles. The minimum absolute atomic E-state index is 0.0679. The summed E-state index contributed by atoms with van der Waals surface area (Å²) in [6, 6.07) is 5.38. The van der Waals surface area contributed by atoms with E-state index in [9.17, 15) is 20.0 Å². The van der Waals surface area contributed by atoms with E-state index in [0.29, 0.717) is 24.6 Å². The van der Waals surface area contributed by atoms with E-state index >= 15 is 0 Å². The van der Waals surface area contributed by atoms with Crippen LogP contribution in [0, 0.1) is 16.0 Å². The molecule has 1 aromatic rings. The second-order valence-corrected chi connectivity index (χ2v) is 4.98. The lowest BCUT2D eigenvalue weighted by Gasteiger charge is -2.11. The number of hydrogen-bond donors (Lipinski definition) is 3. The molecule has 2 rings (SSSR count). The number of nitrogens with one attached hydrogen (secondary N) is 2. The van der Waals surface area contributed by atoms with E-state index in [0.717, 1.165) is 12.8 Å². The highest BCUT2D eigenvalue weighted by atomic mass is 16.6. The van der Waals surface area contributed by atoms with E-state index in [1.165, 1.54) is 18.2 Å². The Morgan fingerprint density at radius 3 is 2.90 bits per heavy atom. The van der Waals surface area contributed by atoms with Crippen LogP contribution in [0.1, 0.15) is 19.3 Å². The molecule has 0 bridgehead atoms. The van der Waals surface area contributed by atoms with Crippen molar-refractivity contribution < 1.29 is 14.8 Å². The average molecular weight is 279 g/mol. The SMILES string of the molecule is O=C(NCC1CCC(O)C1)Nc1cccc([N+](=O)[O-])c1. The summed E-state index contributed by atoms with van der Waals surface area (Å²) in [6.45, 7) is 0.498. The number of urea groups is 1. The molecule has 2 amide bonds. The first-order valence-electron chi connectivity index (χ1n) is 6.52. The fourth-order valence-corrected chi connectivity index (χ4v) is 2.34. The van der Waals surface area contributed by atoms with Crippen molar-refractivity contribution in [2.45, 2.75) is 25.4 Å². The summed E-state index contributed by atoms with van der Waals surface area (Å²) >= 11 is 0. The fourth-order valence-electron chi connectivity index (χ4n) is 2.34. The van der Waals surface area contributed by atoms with Crippen LogP contribution in [0.4, 0.5) is 16.2 Å². The Hall–Kier alpha value is -2.15. The maximum Gasteiger partial charge on any atom is 0.319 e. The summed E-state index contributed by atoms with van der Waals surface area (Å²) in [5.41, 5.74) is 0.310. The predicted octanol–water partition coefficient (Wildman–Crippen LogP) is 1.88. The summed E-state index contributed by atoms with van der Waals surface area (Å²) in [6.07, 6.45) is 2.12. The van der Waals surface area contributed by atoms with Crippen molar-refractivity contribution in [1.29, 1.82) is 0 Å². The van der Waals surface area contributed by atoms with Gasteiger partial charge in [-0.1, -0.05) is 6.07 Å². The minimum atomic E-state index is -0.511. The Morgan fingerprint density at radius 1 is 1.45 bits per heavy atom. The van der Waals surface area contributed by atoms with Crippen LogP contribution in [0.15, 0.2) is 24.3 Å². The molecular formula is C13H17N3O4. The third-order valence-corrected chi connectivity index (χ3v) is 3.38. The highest BCUT2D eigenvalue weighted by Crippen LogP contribution is 2.24. The molecule has 20 heavy (non-hydrogen) atoms. The molecule has 0 aromatic heterocycles. The Balaban J connectivity index is 1.82. The molecule has 1 aromatic carbocycles. The van der Waals surface area contributed by atoms with Gasteiger partial charge in [-0.2, -0.15) is 0 Å². The van der Waals surface area contributed by atoms with E-state index in [2.05, 4.69) is 10.6 Å². The zero-order chi connectivity index (χ0) is 14.5. The van der Waals surface area contributed by atoms with Crippen LogP contribution in [-0.4, -0.2) is 28.7 Å². The number of rotatable bonds is 4. The number of benzene rings is 1. The summed E-state index contributed by atoms with van der Waals surface area (Å²) in [7, 11) is 0. The smallest absolute Gasteiger partial charge is 0.319 e. The van der Waals surface area contributed by atoms with Crippen LogP contribution >= 0.6 is 0 Å². The second kappa shape index (κ2) is 6.33. The van der Waals surface area contributed by atoms with Crippen molar-refractivity contribution >= 4 is 17.4 Å². The summed E-state index contributed by atoms with van der Waals surface area (Å²) in [4.78, 5) is 21.8. The lowest BCUT2D eigenvalue weighted by molar-refractivity contribution is -0.384. The summed E-state index contributed by atoms with van der Waals surface area (Å²) < 4.78 is 0. The van der Waals surface area contributed by atoms with Gasteiger partial charge in [0.25, 0.3) is 5.69 Å². The third kappa shape index (κ3) is 3.92. The van der Waals surface area contributed by atoms with E-state index in [4.69, 9.17) is 0 Å². The number of nitro groups is 1. The molecule has 0 spiro atoms. The first-order valence-corrected chi connectivity index (χ1v) is 6.52. The zero-order valence-corrected chi connectivity index (χ0v) is 10.9. The monoisotopic (exact) mass is 279 g/mol. The maximum absolute atomic E-state index is 11.7. The normalized spacial score (nSPS) is 21.4. The van der Waals surface area contributed by atoms with E-state index in [1.54, 1.807) is 6.07 Å². The zero-order valence-electron chi connectivity index (χ0n) is 10.9. The van der Waals surface area contributed by atoms with Crippen LogP contribution in [0.25, 0.3) is 0 Å². The molecule has 0 radical (unpaired) electrons. The van der Waals surface area contributed by atoms with Crippen LogP contribution in [0.2, 0.25) is 0 Å². The molecular weight excluding hydrogens is 262 g/mol. The molecule has 7 nitrogen and oxygen atoms in total. The quantitative estimate of drug-likeness (QED) is 0.578. The second-order valence-electron chi connectivity index (χ2n) is 4.98. The molecule has 1 saturated carbocycles. The lowest BCUT2D eigenvalue weighted by Crippen LogP contribution is -2.32. The molecule has 108 valence electrons. The molecule has 0 saturated heterocycles. The van der Waals surface area contributed by atoms with Gasteiger partial charge in [-0.05, 0) is 31.2 Å². The molecule has 1 aliphatic rings. The van der Waals surface area contributed by atoms with Gasteiger partial charge < -0.3 is 15.7 Å². The number of carbonyl (C=O) groups excluding carboxylic acids is 1. The van der Waals surface area contributed by atoms with Crippen LogP contribution in [-0.2, 0) is 0 Å². The van der Waals surface area contributed by atoms with E-state index in [-0.39, 0.29) is 11.8 Å². The van der Waals surface area contributed by atoms with Gasteiger partial charge in [-0.25, -0.2) is 4.79 Å². The highest BCUT2D eigenvalue weighted by molar-refractivity contribution is 5.89. The molecule has 7 heteroatoms. The van der Waals surface area contributed by atoms with Crippen molar-refractivity contribution in [1.82, 2.24) is 5.32 Å².